The molecule has 0 fully saturated rings. The Morgan fingerprint density at radius 3 is 2.00 bits per heavy atom. The van der Waals surface area contributed by atoms with Gasteiger partial charge in [-0.3, -0.25) is 0 Å². The van der Waals surface area contributed by atoms with E-state index in [4.69, 9.17) is 11.6 Å². The number of halogens is 4. The Bertz CT molecular complexity index is 518. The van der Waals surface area contributed by atoms with Gasteiger partial charge in [-0.2, -0.15) is 0 Å². The quantitative estimate of drug-likeness (QED) is 0.694. The molecule has 0 aliphatic rings. The molecule has 0 saturated heterocycles. The molecule has 82 valence electrons. The molecule has 0 nitrogen and oxygen atoms in total. The van der Waals surface area contributed by atoms with E-state index < -0.39 is 17.5 Å². The summed E-state index contributed by atoms with van der Waals surface area (Å²) in [7, 11) is 0. The lowest BCUT2D eigenvalue weighted by Gasteiger charge is -2.06. The van der Waals surface area contributed by atoms with Gasteiger partial charge in [0.15, 0.2) is 0 Å². The highest BCUT2D eigenvalue weighted by molar-refractivity contribution is 6.30. The molecule has 0 bridgehead atoms. The summed E-state index contributed by atoms with van der Waals surface area (Å²) in [5.41, 5.74) is -0.517. The third-order valence-corrected chi connectivity index (χ3v) is 2.40. The standard InChI is InChI=1S/C12H6ClF3/c13-7-4-5-8(11(16)6-7)12-9(14)2-1-3-10(12)15/h1-6H. The number of hydrogen-bond acceptors (Lipinski definition) is 0. The van der Waals surface area contributed by atoms with Crippen LogP contribution in [0.15, 0.2) is 36.4 Å². The predicted octanol–water partition coefficient (Wildman–Crippen LogP) is 4.42. The summed E-state index contributed by atoms with van der Waals surface area (Å²) in [6, 6.07) is 7.02. The lowest BCUT2D eigenvalue weighted by atomic mass is 10.0. The van der Waals surface area contributed by atoms with E-state index in [0.29, 0.717) is 0 Å². The summed E-state index contributed by atoms with van der Waals surface area (Å²) in [4.78, 5) is 0. The highest BCUT2D eigenvalue weighted by Crippen LogP contribution is 2.29. The maximum absolute atomic E-state index is 13.5. The zero-order valence-corrected chi connectivity index (χ0v) is 8.73. The van der Waals surface area contributed by atoms with Crippen LogP contribution in [-0.4, -0.2) is 0 Å². The maximum atomic E-state index is 13.5. The zero-order chi connectivity index (χ0) is 11.7. The summed E-state index contributed by atoms with van der Waals surface area (Å²) in [6.45, 7) is 0. The molecule has 0 unspecified atom stereocenters. The number of benzene rings is 2. The smallest absolute Gasteiger partial charge is 0.134 e. The molecule has 0 amide bonds. The first-order valence-corrected chi connectivity index (χ1v) is 4.87. The monoisotopic (exact) mass is 242 g/mol. The first-order valence-electron chi connectivity index (χ1n) is 4.49. The Labute approximate surface area is 95.3 Å². The van der Waals surface area contributed by atoms with Crippen LogP contribution < -0.4 is 0 Å². The molecule has 0 aliphatic carbocycles. The van der Waals surface area contributed by atoms with Crippen LogP contribution in [0.25, 0.3) is 11.1 Å². The molecule has 0 atom stereocenters. The molecular formula is C12H6ClF3. The van der Waals surface area contributed by atoms with Gasteiger partial charge < -0.3 is 0 Å². The fourth-order valence-corrected chi connectivity index (χ4v) is 1.61. The Kier molecular flexibility index (Phi) is 2.88. The van der Waals surface area contributed by atoms with E-state index in [1.54, 1.807) is 0 Å². The van der Waals surface area contributed by atoms with Crippen LogP contribution in [0, 0.1) is 17.5 Å². The van der Waals surface area contributed by atoms with Crippen molar-refractivity contribution in [2.24, 2.45) is 0 Å². The van der Waals surface area contributed by atoms with Crippen molar-refractivity contribution in [2.45, 2.75) is 0 Å². The molecule has 0 saturated carbocycles. The van der Waals surface area contributed by atoms with E-state index in [9.17, 15) is 13.2 Å². The third kappa shape index (κ3) is 1.91. The highest BCUT2D eigenvalue weighted by atomic mass is 35.5. The molecule has 0 N–H and O–H groups in total. The van der Waals surface area contributed by atoms with Gasteiger partial charge in [0.1, 0.15) is 17.5 Å². The van der Waals surface area contributed by atoms with Crippen molar-refractivity contribution >= 4 is 11.6 Å². The molecule has 16 heavy (non-hydrogen) atoms. The molecule has 4 heteroatoms. The maximum Gasteiger partial charge on any atom is 0.134 e. The molecule has 2 aromatic carbocycles. The molecule has 0 aliphatic heterocycles. The van der Waals surface area contributed by atoms with Crippen molar-refractivity contribution < 1.29 is 13.2 Å². The van der Waals surface area contributed by atoms with Gasteiger partial charge in [-0.1, -0.05) is 17.7 Å². The van der Waals surface area contributed by atoms with Crippen molar-refractivity contribution in [3.8, 4) is 11.1 Å². The van der Waals surface area contributed by atoms with Crippen molar-refractivity contribution in [2.75, 3.05) is 0 Å². The highest BCUT2D eigenvalue weighted by Gasteiger charge is 2.14. The van der Waals surface area contributed by atoms with E-state index in [1.165, 1.54) is 18.2 Å². The fourth-order valence-electron chi connectivity index (χ4n) is 1.45. The third-order valence-electron chi connectivity index (χ3n) is 2.16. The van der Waals surface area contributed by atoms with Crippen molar-refractivity contribution in [3.05, 3.63) is 58.9 Å². The number of rotatable bonds is 1. The van der Waals surface area contributed by atoms with Crippen molar-refractivity contribution in [1.82, 2.24) is 0 Å². The van der Waals surface area contributed by atoms with Crippen LogP contribution in [0.1, 0.15) is 0 Å². The van der Waals surface area contributed by atoms with E-state index in [-0.39, 0.29) is 16.1 Å². The van der Waals surface area contributed by atoms with Crippen LogP contribution in [0.4, 0.5) is 13.2 Å². The van der Waals surface area contributed by atoms with Gasteiger partial charge >= 0.3 is 0 Å². The summed E-state index contributed by atoms with van der Waals surface area (Å²) < 4.78 is 40.2. The first kappa shape index (κ1) is 11.0. The summed E-state index contributed by atoms with van der Waals surface area (Å²) in [5.74, 6) is -2.36. The minimum absolute atomic E-state index is 0.139. The molecule has 0 spiro atoms. The van der Waals surface area contributed by atoms with Crippen LogP contribution in [-0.2, 0) is 0 Å². The largest absolute Gasteiger partial charge is 0.206 e. The Hall–Kier alpha value is -1.48. The molecule has 0 radical (unpaired) electrons. The average Bonchev–Trinajstić information content (AvgIpc) is 2.20. The lowest BCUT2D eigenvalue weighted by Crippen LogP contribution is -1.92. The van der Waals surface area contributed by atoms with Crippen molar-refractivity contribution in [3.63, 3.8) is 0 Å². The second kappa shape index (κ2) is 4.18. The molecule has 0 heterocycles. The average molecular weight is 243 g/mol. The Morgan fingerprint density at radius 1 is 0.812 bits per heavy atom. The fraction of sp³-hybridized carbons (Fsp3) is 0. The van der Waals surface area contributed by atoms with Crippen LogP contribution in [0.2, 0.25) is 5.02 Å². The SMILES string of the molecule is Fc1cc(Cl)ccc1-c1c(F)cccc1F. The van der Waals surface area contributed by atoms with Gasteiger partial charge in [-0.25, -0.2) is 13.2 Å². The normalized spacial score (nSPS) is 10.5. The van der Waals surface area contributed by atoms with Crippen LogP contribution >= 0.6 is 11.6 Å². The van der Waals surface area contributed by atoms with Gasteiger partial charge in [0.2, 0.25) is 0 Å². The first-order chi connectivity index (χ1) is 7.59. The van der Waals surface area contributed by atoms with Gasteiger partial charge in [0, 0.05) is 10.6 Å². The van der Waals surface area contributed by atoms with Gasteiger partial charge in [-0.15, -0.1) is 0 Å². The van der Waals surface area contributed by atoms with E-state index in [1.807, 2.05) is 0 Å². The summed E-state index contributed by atoms with van der Waals surface area (Å²) in [5, 5.41) is 0.179. The van der Waals surface area contributed by atoms with Gasteiger partial charge in [0.05, 0.1) is 5.56 Å². The minimum Gasteiger partial charge on any atom is -0.206 e. The molecule has 2 rings (SSSR count). The molecular weight excluding hydrogens is 237 g/mol. The lowest BCUT2D eigenvalue weighted by molar-refractivity contribution is 0.582. The van der Waals surface area contributed by atoms with Crippen LogP contribution in [0.5, 0.6) is 0 Å². The van der Waals surface area contributed by atoms with E-state index in [2.05, 4.69) is 0 Å². The van der Waals surface area contributed by atoms with Gasteiger partial charge in [-0.05, 0) is 30.3 Å². The molecule has 0 aromatic heterocycles. The number of hydrogen-bond donors (Lipinski definition) is 0. The summed E-state index contributed by atoms with van der Waals surface area (Å²) in [6.07, 6.45) is 0. The second-order valence-corrected chi connectivity index (χ2v) is 3.66. The minimum atomic E-state index is -0.804. The topological polar surface area (TPSA) is 0 Å². The van der Waals surface area contributed by atoms with E-state index >= 15 is 0 Å². The Morgan fingerprint density at radius 2 is 1.44 bits per heavy atom. The zero-order valence-electron chi connectivity index (χ0n) is 7.98. The Balaban J connectivity index is 2.68. The van der Waals surface area contributed by atoms with Gasteiger partial charge in [0.25, 0.3) is 0 Å². The predicted molar refractivity (Wildman–Crippen MR) is 56.8 cm³/mol. The van der Waals surface area contributed by atoms with E-state index in [0.717, 1.165) is 18.2 Å². The van der Waals surface area contributed by atoms with Crippen molar-refractivity contribution in [1.29, 1.82) is 0 Å². The van der Waals surface area contributed by atoms with Crippen LogP contribution in [0.3, 0.4) is 0 Å². The second-order valence-electron chi connectivity index (χ2n) is 3.22. The summed E-state index contributed by atoms with van der Waals surface area (Å²) >= 11 is 5.56. The molecule has 2 aromatic rings.